The van der Waals surface area contributed by atoms with Crippen LogP contribution >= 0.6 is 0 Å². The third-order valence-corrected chi connectivity index (χ3v) is 4.19. The summed E-state index contributed by atoms with van der Waals surface area (Å²) in [5, 5.41) is 0. The van der Waals surface area contributed by atoms with Crippen LogP contribution in [0.15, 0.2) is 0 Å². The highest BCUT2D eigenvalue weighted by Gasteiger charge is 2.48. The maximum absolute atomic E-state index is 6.34. The van der Waals surface area contributed by atoms with E-state index in [2.05, 4.69) is 18.4 Å². The van der Waals surface area contributed by atoms with E-state index in [1.165, 1.54) is 42.9 Å². The van der Waals surface area contributed by atoms with Gasteiger partial charge in [0.1, 0.15) is 5.82 Å². The molecule has 0 aromatic carbocycles. The van der Waals surface area contributed by atoms with Crippen molar-refractivity contribution in [2.24, 2.45) is 5.73 Å². The normalized spacial score (nSPS) is 27.5. The lowest BCUT2D eigenvalue weighted by atomic mass is 9.89. The van der Waals surface area contributed by atoms with Crippen LogP contribution in [0.1, 0.15) is 48.8 Å². The number of nitrogens with zero attached hydrogens (tertiary/aromatic N) is 2. The fourth-order valence-electron chi connectivity index (χ4n) is 2.85. The van der Waals surface area contributed by atoms with Crippen LogP contribution in [0.4, 0.5) is 0 Å². The van der Waals surface area contributed by atoms with E-state index in [0.717, 1.165) is 6.54 Å². The highest BCUT2D eigenvalue weighted by molar-refractivity contribution is 5.24. The number of imidazole rings is 1. The molecule has 0 saturated heterocycles. The first-order valence-corrected chi connectivity index (χ1v) is 5.94. The Kier molecular flexibility index (Phi) is 1.78. The van der Waals surface area contributed by atoms with Crippen molar-refractivity contribution in [2.45, 2.75) is 57.5 Å². The van der Waals surface area contributed by atoms with E-state index in [1.54, 1.807) is 0 Å². The van der Waals surface area contributed by atoms with Crippen molar-refractivity contribution in [3.63, 3.8) is 0 Å². The third kappa shape index (κ3) is 1.26. The highest BCUT2D eigenvalue weighted by Crippen LogP contribution is 2.48. The van der Waals surface area contributed by atoms with Gasteiger partial charge in [-0.25, -0.2) is 4.98 Å². The molecule has 0 amide bonds. The third-order valence-electron chi connectivity index (χ3n) is 4.19. The lowest BCUT2D eigenvalue weighted by Gasteiger charge is -2.28. The summed E-state index contributed by atoms with van der Waals surface area (Å²) in [6.07, 6.45) is 4.85. The Morgan fingerprint density at radius 1 is 1.40 bits per heavy atom. The van der Waals surface area contributed by atoms with Crippen LogP contribution in [0.5, 0.6) is 0 Å². The number of hydrogen-bond donors (Lipinski definition) is 1. The van der Waals surface area contributed by atoms with E-state index in [9.17, 15) is 0 Å². The Morgan fingerprint density at radius 2 is 2.13 bits per heavy atom. The molecule has 0 spiro atoms. The maximum atomic E-state index is 6.34. The van der Waals surface area contributed by atoms with Crippen molar-refractivity contribution in [2.75, 3.05) is 0 Å². The summed E-state index contributed by atoms with van der Waals surface area (Å²) in [6, 6.07) is 0. The predicted molar refractivity (Wildman–Crippen MR) is 59.8 cm³/mol. The van der Waals surface area contributed by atoms with E-state index in [-0.39, 0.29) is 5.54 Å². The molecule has 1 saturated carbocycles. The zero-order valence-electron chi connectivity index (χ0n) is 9.58. The smallest absolute Gasteiger partial charge is 0.114 e. The minimum atomic E-state index is 0.0857. The van der Waals surface area contributed by atoms with E-state index in [0.29, 0.717) is 5.92 Å². The van der Waals surface area contributed by atoms with E-state index >= 15 is 0 Å². The molecule has 1 atom stereocenters. The number of aromatic nitrogens is 2. The number of aryl methyl sites for hydroxylation is 1. The molecule has 1 aliphatic carbocycles. The van der Waals surface area contributed by atoms with Crippen LogP contribution in [0.25, 0.3) is 0 Å². The van der Waals surface area contributed by atoms with Gasteiger partial charge in [0.2, 0.25) is 0 Å². The van der Waals surface area contributed by atoms with Gasteiger partial charge >= 0.3 is 0 Å². The Hall–Kier alpha value is -0.830. The van der Waals surface area contributed by atoms with Gasteiger partial charge in [0.05, 0.1) is 5.69 Å². The lowest BCUT2D eigenvalue weighted by molar-refractivity contribution is 0.376. The average molecular weight is 205 g/mol. The summed E-state index contributed by atoms with van der Waals surface area (Å²) in [4.78, 5) is 4.72. The summed E-state index contributed by atoms with van der Waals surface area (Å²) in [6.45, 7) is 5.41. The molecule has 1 aromatic rings. The fourth-order valence-corrected chi connectivity index (χ4v) is 2.85. The molecule has 1 aromatic heterocycles. The number of fused-ring (bicyclic) bond motifs is 1. The Bertz CT molecular complexity index is 401. The zero-order chi connectivity index (χ0) is 10.6. The van der Waals surface area contributed by atoms with Crippen molar-refractivity contribution < 1.29 is 0 Å². The van der Waals surface area contributed by atoms with Crippen molar-refractivity contribution in [3.05, 3.63) is 17.2 Å². The largest absolute Gasteiger partial charge is 0.332 e. The molecule has 82 valence electrons. The van der Waals surface area contributed by atoms with Crippen LogP contribution in [0.2, 0.25) is 0 Å². The predicted octanol–water partition coefficient (Wildman–Crippen LogP) is 1.87. The monoisotopic (exact) mass is 205 g/mol. The Morgan fingerprint density at radius 3 is 2.80 bits per heavy atom. The summed E-state index contributed by atoms with van der Waals surface area (Å²) in [5.41, 5.74) is 8.94. The van der Waals surface area contributed by atoms with Crippen LogP contribution in [-0.2, 0) is 6.54 Å². The first-order valence-electron chi connectivity index (χ1n) is 5.94. The van der Waals surface area contributed by atoms with Crippen LogP contribution in [0.3, 0.4) is 0 Å². The van der Waals surface area contributed by atoms with Crippen molar-refractivity contribution >= 4 is 0 Å². The van der Waals surface area contributed by atoms with E-state index in [4.69, 9.17) is 10.7 Å². The van der Waals surface area contributed by atoms with Gasteiger partial charge in [0.25, 0.3) is 0 Å². The molecular weight excluding hydrogens is 186 g/mol. The minimum absolute atomic E-state index is 0.0857. The van der Waals surface area contributed by atoms with E-state index in [1.807, 2.05) is 0 Å². The summed E-state index contributed by atoms with van der Waals surface area (Å²) >= 11 is 0. The van der Waals surface area contributed by atoms with Crippen molar-refractivity contribution in [3.8, 4) is 0 Å². The second kappa shape index (κ2) is 2.85. The van der Waals surface area contributed by atoms with Gasteiger partial charge in [-0.15, -0.1) is 0 Å². The average Bonchev–Trinajstić information content (AvgIpc) is 2.90. The molecule has 3 heteroatoms. The molecule has 2 N–H and O–H groups in total. The van der Waals surface area contributed by atoms with Crippen molar-refractivity contribution in [1.29, 1.82) is 0 Å². The molecule has 2 heterocycles. The fraction of sp³-hybridized carbons (Fsp3) is 0.750. The van der Waals surface area contributed by atoms with Gasteiger partial charge in [-0.3, -0.25) is 0 Å². The molecular formula is C12H19N3. The molecule has 2 aliphatic rings. The molecule has 0 radical (unpaired) electrons. The Balaban J connectivity index is 2.07. The van der Waals surface area contributed by atoms with Crippen LogP contribution in [0, 0.1) is 13.8 Å². The second-order valence-corrected chi connectivity index (χ2v) is 5.22. The topological polar surface area (TPSA) is 43.8 Å². The zero-order valence-corrected chi connectivity index (χ0v) is 9.58. The van der Waals surface area contributed by atoms with Gasteiger partial charge < -0.3 is 10.3 Å². The molecule has 3 rings (SSSR count). The summed E-state index contributed by atoms with van der Waals surface area (Å²) < 4.78 is 2.39. The molecule has 0 bridgehead atoms. The standard InChI is InChI=1S/C12H19N3/c1-8-9(2)15-7-3-4-10(11(15)14-8)12(13)5-6-12/h10H,3-7,13H2,1-2H3. The van der Waals surface area contributed by atoms with Gasteiger partial charge in [-0.2, -0.15) is 0 Å². The summed E-state index contributed by atoms with van der Waals surface area (Å²) in [7, 11) is 0. The maximum Gasteiger partial charge on any atom is 0.114 e. The lowest BCUT2D eigenvalue weighted by Crippen LogP contribution is -2.35. The van der Waals surface area contributed by atoms with Gasteiger partial charge in [-0.05, 0) is 39.5 Å². The number of nitrogens with two attached hydrogens (primary N) is 1. The highest BCUT2D eigenvalue weighted by atomic mass is 15.1. The first kappa shape index (κ1) is 9.40. The SMILES string of the molecule is Cc1nc2n(c1C)CCCC2C1(N)CC1. The molecule has 15 heavy (non-hydrogen) atoms. The number of rotatable bonds is 1. The number of hydrogen-bond acceptors (Lipinski definition) is 2. The first-order chi connectivity index (χ1) is 7.12. The van der Waals surface area contributed by atoms with Crippen LogP contribution < -0.4 is 5.73 Å². The second-order valence-electron chi connectivity index (χ2n) is 5.22. The van der Waals surface area contributed by atoms with Gasteiger partial charge in [-0.1, -0.05) is 0 Å². The molecule has 1 fully saturated rings. The molecule has 1 unspecified atom stereocenters. The molecule has 1 aliphatic heterocycles. The summed E-state index contributed by atoms with van der Waals surface area (Å²) in [5.74, 6) is 1.77. The van der Waals surface area contributed by atoms with Crippen molar-refractivity contribution in [1.82, 2.24) is 9.55 Å². The van der Waals surface area contributed by atoms with Gasteiger partial charge in [0, 0.05) is 23.7 Å². The van der Waals surface area contributed by atoms with Gasteiger partial charge in [0.15, 0.2) is 0 Å². The molecule has 3 nitrogen and oxygen atoms in total. The van der Waals surface area contributed by atoms with E-state index < -0.39 is 0 Å². The Labute approximate surface area is 90.7 Å². The quantitative estimate of drug-likeness (QED) is 0.760. The van der Waals surface area contributed by atoms with Crippen LogP contribution in [-0.4, -0.2) is 15.1 Å². The minimum Gasteiger partial charge on any atom is -0.332 e.